The van der Waals surface area contributed by atoms with E-state index in [0.717, 1.165) is 31.0 Å². The van der Waals surface area contributed by atoms with E-state index in [-0.39, 0.29) is 5.84 Å². The zero-order valence-corrected chi connectivity index (χ0v) is 11.1. The van der Waals surface area contributed by atoms with Crippen LogP contribution in [0.3, 0.4) is 0 Å². The van der Waals surface area contributed by atoms with Crippen molar-refractivity contribution in [2.24, 2.45) is 10.9 Å². The molecule has 5 nitrogen and oxygen atoms in total. The maximum Gasteiger partial charge on any atom is 0.186 e. The molecule has 0 bridgehead atoms. The first kappa shape index (κ1) is 12.6. The Balaban J connectivity index is 1.88. The topological polar surface area (TPSA) is 72.8 Å². The average Bonchev–Trinajstić information content (AvgIpc) is 2.95. The summed E-state index contributed by atoms with van der Waals surface area (Å²) >= 11 is 0. The Morgan fingerprint density at radius 2 is 2.20 bits per heavy atom. The van der Waals surface area contributed by atoms with E-state index in [9.17, 15) is 0 Å². The van der Waals surface area contributed by atoms with Crippen molar-refractivity contribution < 1.29 is 9.94 Å². The van der Waals surface area contributed by atoms with Gasteiger partial charge in [0.25, 0.3) is 0 Å². The van der Waals surface area contributed by atoms with Crippen molar-refractivity contribution in [3.63, 3.8) is 0 Å². The number of hydrogen-bond donors (Lipinski definition) is 2. The minimum atomic E-state index is 0.135. The van der Waals surface area contributed by atoms with Crippen LogP contribution in [0.15, 0.2) is 47.8 Å². The summed E-state index contributed by atoms with van der Waals surface area (Å²) in [5, 5.41) is 11.9. The van der Waals surface area contributed by atoms with Gasteiger partial charge in [-0.05, 0) is 30.2 Å². The highest BCUT2D eigenvalue weighted by Crippen LogP contribution is 2.34. The van der Waals surface area contributed by atoms with E-state index < -0.39 is 0 Å². The number of oxime groups is 1. The molecule has 0 radical (unpaired) electrons. The molecule has 1 atom stereocenters. The van der Waals surface area contributed by atoms with Gasteiger partial charge < -0.3 is 20.2 Å². The Morgan fingerprint density at radius 3 is 3.05 bits per heavy atom. The molecule has 5 heteroatoms. The van der Waals surface area contributed by atoms with Crippen LogP contribution in [-0.4, -0.2) is 22.2 Å². The normalized spacial score (nSPS) is 18.4. The van der Waals surface area contributed by atoms with Gasteiger partial charge in [0.15, 0.2) is 5.84 Å². The molecule has 0 saturated heterocycles. The van der Waals surface area contributed by atoms with Crippen LogP contribution >= 0.6 is 0 Å². The molecule has 0 fully saturated rings. The van der Waals surface area contributed by atoms with E-state index in [1.165, 1.54) is 5.56 Å². The number of nitrogens with zero attached hydrogens (tertiary/aromatic N) is 2. The fourth-order valence-electron chi connectivity index (χ4n) is 2.70. The van der Waals surface area contributed by atoms with Gasteiger partial charge in [-0.1, -0.05) is 23.4 Å². The number of fused-ring (bicyclic) bond motifs is 1. The minimum Gasteiger partial charge on any atom is -0.493 e. The third-order valence-corrected chi connectivity index (χ3v) is 3.70. The lowest BCUT2D eigenvalue weighted by molar-refractivity contribution is 0.258. The number of ether oxygens (including phenoxy) is 1. The molecule has 1 aromatic carbocycles. The fourth-order valence-corrected chi connectivity index (χ4v) is 2.70. The fraction of sp³-hybridized carbons (Fsp3) is 0.267. The molecule has 2 aromatic rings. The van der Waals surface area contributed by atoms with Crippen LogP contribution in [0.1, 0.15) is 23.6 Å². The van der Waals surface area contributed by atoms with E-state index in [1.54, 1.807) is 0 Å². The zero-order valence-electron chi connectivity index (χ0n) is 11.1. The Morgan fingerprint density at radius 1 is 1.35 bits per heavy atom. The second-order valence-corrected chi connectivity index (χ2v) is 4.90. The van der Waals surface area contributed by atoms with Crippen molar-refractivity contribution in [1.29, 1.82) is 0 Å². The molecule has 104 valence electrons. The predicted molar refractivity (Wildman–Crippen MR) is 76.2 cm³/mol. The first-order chi connectivity index (χ1) is 9.79. The second-order valence-electron chi connectivity index (χ2n) is 4.90. The van der Waals surface area contributed by atoms with Crippen LogP contribution < -0.4 is 10.5 Å². The Hall–Kier alpha value is -2.43. The molecule has 0 aliphatic carbocycles. The second kappa shape index (κ2) is 5.28. The maximum atomic E-state index is 8.82. The molecule has 0 amide bonds. The van der Waals surface area contributed by atoms with Gasteiger partial charge in [-0.15, -0.1) is 0 Å². The molecular formula is C15H17N3O2. The molecule has 1 aromatic heterocycles. The van der Waals surface area contributed by atoms with Crippen LogP contribution in [0, 0.1) is 0 Å². The Kier molecular flexibility index (Phi) is 3.33. The number of benzene rings is 1. The van der Waals surface area contributed by atoms with Gasteiger partial charge in [0, 0.05) is 18.7 Å². The minimum absolute atomic E-state index is 0.135. The molecule has 20 heavy (non-hydrogen) atoms. The first-order valence-electron chi connectivity index (χ1n) is 6.64. The summed E-state index contributed by atoms with van der Waals surface area (Å²) in [5.41, 5.74) is 7.65. The lowest BCUT2D eigenvalue weighted by Crippen LogP contribution is -2.23. The molecule has 2 heterocycles. The number of aromatic nitrogens is 1. The summed E-state index contributed by atoms with van der Waals surface area (Å²) in [7, 11) is 0. The van der Waals surface area contributed by atoms with Gasteiger partial charge in [0.05, 0.1) is 12.3 Å². The summed E-state index contributed by atoms with van der Waals surface area (Å²) in [6.45, 7) is 1.51. The van der Waals surface area contributed by atoms with E-state index in [4.69, 9.17) is 15.7 Å². The molecular weight excluding hydrogens is 254 g/mol. The number of amidine groups is 1. The number of rotatable bonds is 3. The summed E-state index contributed by atoms with van der Waals surface area (Å²) in [5.74, 6) is 1.47. The lowest BCUT2D eigenvalue weighted by atomic mass is 9.93. The smallest absolute Gasteiger partial charge is 0.186 e. The van der Waals surface area contributed by atoms with Crippen LogP contribution in [0.5, 0.6) is 5.75 Å². The van der Waals surface area contributed by atoms with Crippen molar-refractivity contribution in [2.45, 2.75) is 18.9 Å². The molecule has 0 saturated carbocycles. The van der Waals surface area contributed by atoms with Gasteiger partial charge in [0.1, 0.15) is 5.75 Å². The number of hydrogen-bond acceptors (Lipinski definition) is 3. The first-order valence-corrected chi connectivity index (χ1v) is 6.64. The Bertz CT molecular complexity index is 634. The van der Waals surface area contributed by atoms with Crippen LogP contribution in [0.2, 0.25) is 0 Å². The highest BCUT2D eigenvalue weighted by Gasteiger charge is 2.22. The monoisotopic (exact) mass is 271 g/mol. The van der Waals surface area contributed by atoms with Crippen molar-refractivity contribution in [3.05, 3.63) is 53.9 Å². The molecule has 0 spiro atoms. The third-order valence-electron chi connectivity index (χ3n) is 3.70. The SMILES string of the molecule is N/C(=N/O)c1cccn1CC1CCOc2ccccc21. The van der Waals surface area contributed by atoms with Crippen molar-refractivity contribution in [1.82, 2.24) is 4.57 Å². The maximum absolute atomic E-state index is 8.82. The summed E-state index contributed by atoms with van der Waals surface area (Å²) in [6, 6.07) is 11.9. The van der Waals surface area contributed by atoms with Gasteiger partial charge in [-0.3, -0.25) is 0 Å². The third kappa shape index (κ3) is 2.22. The van der Waals surface area contributed by atoms with Gasteiger partial charge in [-0.25, -0.2) is 0 Å². The summed E-state index contributed by atoms with van der Waals surface area (Å²) in [6.07, 6.45) is 2.91. The van der Waals surface area contributed by atoms with E-state index in [2.05, 4.69) is 11.2 Å². The van der Waals surface area contributed by atoms with Gasteiger partial charge >= 0.3 is 0 Å². The predicted octanol–water partition coefficient (Wildman–Crippen LogP) is 2.15. The quantitative estimate of drug-likeness (QED) is 0.389. The molecule has 1 aliphatic rings. The van der Waals surface area contributed by atoms with E-state index >= 15 is 0 Å². The summed E-state index contributed by atoms with van der Waals surface area (Å²) < 4.78 is 7.69. The van der Waals surface area contributed by atoms with Crippen molar-refractivity contribution in [2.75, 3.05) is 6.61 Å². The summed E-state index contributed by atoms with van der Waals surface area (Å²) in [4.78, 5) is 0. The lowest BCUT2D eigenvalue weighted by Gasteiger charge is -2.26. The van der Waals surface area contributed by atoms with Gasteiger partial charge in [-0.2, -0.15) is 0 Å². The Labute approximate surface area is 117 Å². The van der Waals surface area contributed by atoms with Crippen LogP contribution in [0.4, 0.5) is 0 Å². The highest BCUT2D eigenvalue weighted by atomic mass is 16.5. The van der Waals surface area contributed by atoms with E-state index in [0.29, 0.717) is 5.92 Å². The highest BCUT2D eigenvalue weighted by molar-refractivity contribution is 5.95. The zero-order chi connectivity index (χ0) is 13.9. The molecule has 3 rings (SSSR count). The standard InChI is InChI=1S/C15H17N3O2/c16-15(17-19)13-5-3-8-18(13)10-11-7-9-20-14-6-2-1-4-12(11)14/h1-6,8,11,19H,7,9-10H2,(H2,16,17). The number of nitrogens with two attached hydrogens (primary N) is 1. The van der Waals surface area contributed by atoms with Crippen LogP contribution in [0.25, 0.3) is 0 Å². The molecule has 1 unspecified atom stereocenters. The van der Waals surface area contributed by atoms with Gasteiger partial charge in [0.2, 0.25) is 0 Å². The van der Waals surface area contributed by atoms with Crippen molar-refractivity contribution >= 4 is 5.84 Å². The molecule has 3 N–H and O–H groups in total. The van der Waals surface area contributed by atoms with E-state index in [1.807, 2.05) is 41.1 Å². The largest absolute Gasteiger partial charge is 0.493 e. The van der Waals surface area contributed by atoms with Crippen molar-refractivity contribution in [3.8, 4) is 5.75 Å². The number of para-hydroxylation sites is 1. The average molecular weight is 271 g/mol. The molecule has 1 aliphatic heterocycles. The van der Waals surface area contributed by atoms with Crippen LogP contribution in [-0.2, 0) is 6.54 Å².